The lowest BCUT2D eigenvalue weighted by atomic mass is 10.2. The van der Waals surface area contributed by atoms with Crippen molar-refractivity contribution in [3.63, 3.8) is 0 Å². The molecule has 0 radical (unpaired) electrons. The fraction of sp³-hybridized carbons (Fsp3) is 0.200. The van der Waals surface area contributed by atoms with Gasteiger partial charge in [-0.3, -0.25) is 9.67 Å². The summed E-state index contributed by atoms with van der Waals surface area (Å²) in [4.78, 5) is 0. The standard InChI is InChI=1S/C10H10BrN3S/c1-6-8(11)4-3-5-9(6)14-7(2)12-13-10(14)15/h3-5H,1-2H3,(H,13,15). The third kappa shape index (κ3) is 1.77. The van der Waals surface area contributed by atoms with Gasteiger partial charge in [0.15, 0.2) is 4.77 Å². The van der Waals surface area contributed by atoms with Crippen molar-refractivity contribution in [3.8, 4) is 5.69 Å². The minimum atomic E-state index is 0.619. The predicted octanol–water partition coefficient (Wildman–Crippen LogP) is 3.31. The highest BCUT2D eigenvalue weighted by molar-refractivity contribution is 9.10. The predicted molar refractivity (Wildman–Crippen MR) is 65.9 cm³/mol. The van der Waals surface area contributed by atoms with Gasteiger partial charge in [0.25, 0.3) is 0 Å². The van der Waals surface area contributed by atoms with E-state index in [1.807, 2.05) is 36.6 Å². The van der Waals surface area contributed by atoms with Gasteiger partial charge in [0.05, 0.1) is 5.69 Å². The van der Waals surface area contributed by atoms with Crippen molar-refractivity contribution >= 4 is 28.1 Å². The first-order valence-electron chi connectivity index (χ1n) is 4.51. The van der Waals surface area contributed by atoms with E-state index in [9.17, 15) is 0 Å². The number of nitrogens with zero attached hydrogens (tertiary/aromatic N) is 2. The fourth-order valence-electron chi connectivity index (χ4n) is 1.50. The molecule has 0 amide bonds. The minimum Gasteiger partial charge on any atom is -0.272 e. The first-order valence-corrected chi connectivity index (χ1v) is 5.71. The second-order valence-electron chi connectivity index (χ2n) is 3.30. The Kier molecular flexibility index (Phi) is 2.75. The molecule has 0 aliphatic carbocycles. The number of nitrogens with one attached hydrogen (secondary N) is 1. The number of aromatic amines is 1. The zero-order chi connectivity index (χ0) is 11.0. The van der Waals surface area contributed by atoms with Crippen molar-refractivity contribution < 1.29 is 0 Å². The lowest BCUT2D eigenvalue weighted by Gasteiger charge is -2.09. The van der Waals surface area contributed by atoms with Crippen LogP contribution in [0.2, 0.25) is 0 Å². The summed E-state index contributed by atoms with van der Waals surface area (Å²) in [6.07, 6.45) is 0. The van der Waals surface area contributed by atoms with Crippen molar-refractivity contribution in [2.24, 2.45) is 0 Å². The Hall–Kier alpha value is -0.940. The molecule has 0 bridgehead atoms. The van der Waals surface area contributed by atoms with Gasteiger partial charge in [-0.05, 0) is 43.8 Å². The summed E-state index contributed by atoms with van der Waals surface area (Å²) >= 11 is 8.69. The Balaban J connectivity index is 2.75. The Labute approximate surface area is 101 Å². The summed E-state index contributed by atoms with van der Waals surface area (Å²) in [5.41, 5.74) is 2.21. The first-order chi connectivity index (χ1) is 7.11. The van der Waals surface area contributed by atoms with Crippen LogP contribution in [0.3, 0.4) is 0 Å². The molecule has 5 heteroatoms. The summed E-state index contributed by atoms with van der Waals surface area (Å²) in [7, 11) is 0. The van der Waals surface area contributed by atoms with E-state index in [-0.39, 0.29) is 0 Å². The number of aromatic nitrogens is 3. The lowest BCUT2D eigenvalue weighted by molar-refractivity contribution is 0.952. The van der Waals surface area contributed by atoms with Crippen molar-refractivity contribution in [2.75, 3.05) is 0 Å². The normalized spacial score (nSPS) is 10.6. The van der Waals surface area contributed by atoms with Gasteiger partial charge < -0.3 is 0 Å². The number of H-pyrrole nitrogens is 1. The summed E-state index contributed by atoms with van der Waals surface area (Å²) in [5.74, 6) is 0.862. The molecule has 1 aromatic heterocycles. The van der Waals surface area contributed by atoms with E-state index < -0.39 is 0 Å². The Bertz CT molecular complexity index is 556. The molecular formula is C10H10BrN3S. The molecule has 0 saturated carbocycles. The molecule has 0 aliphatic rings. The van der Waals surface area contributed by atoms with Crippen molar-refractivity contribution in [3.05, 3.63) is 38.8 Å². The highest BCUT2D eigenvalue weighted by Gasteiger charge is 2.08. The Morgan fingerprint density at radius 3 is 2.73 bits per heavy atom. The van der Waals surface area contributed by atoms with Crippen LogP contribution >= 0.6 is 28.1 Å². The molecule has 1 aromatic carbocycles. The quantitative estimate of drug-likeness (QED) is 0.815. The zero-order valence-corrected chi connectivity index (χ0v) is 10.8. The third-order valence-electron chi connectivity index (χ3n) is 2.32. The summed E-state index contributed by atoms with van der Waals surface area (Å²) in [6.45, 7) is 3.97. The Morgan fingerprint density at radius 1 is 1.40 bits per heavy atom. The van der Waals surface area contributed by atoms with Crippen LogP contribution in [0.25, 0.3) is 5.69 Å². The molecule has 3 nitrogen and oxygen atoms in total. The largest absolute Gasteiger partial charge is 0.272 e. The summed E-state index contributed by atoms with van der Waals surface area (Å²) < 4.78 is 3.62. The molecule has 2 aromatic rings. The topological polar surface area (TPSA) is 33.6 Å². The molecule has 0 spiro atoms. The van der Waals surface area contributed by atoms with Crippen LogP contribution in [0.4, 0.5) is 0 Å². The minimum absolute atomic E-state index is 0.619. The second kappa shape index (κ2) is 3.90. The molecule has 0 saturated heterocycles. The van der Waals surface area contributed by atoms with Gasteiger partial charge >= 0.3 is 0 Å². The number of rotatable bonds is 1. The molecule has 0 fully saturated rings. The number of hydrogen-bond donors (Lipinski definition) is 1. The SMILES string of the molecule is Cc1c(Br)cccc1-n1c(C)n[nH]c1=S. The number of halogens is 1. The number of benzene rings is 1. The van der Waals surface area contributed by atoms with Gasteiger partial charge in [-0.25, -0.2) is 0 Å². The van der Waals surface area contributed by atoms with E-state index in [2.05, 4.69) is 26.1 Å². The molecule has 0 aliphatic heterocycles. The molecule has 2 rings (SSSR count). The van der Waals surface area contributed by atoms with Gasteiger partial charge in [0.1, 0.15) is 5.82 Å². The Morgan fingerprint density at radius 2 is 2.13 bits per heavy atom. The second-order valence-corrected chi connectivity index (χ2v) is 4.54. The molecule has 15 heavy (non-hydrogen) atoms. The average molecular weight is 284 g/mol. The monoisotopic (exact) mass is 283 g/mol. The molecule has 0 unspecified atom stereocenters. The van der Waals surface area contributed by atoms with Crippen LogP contribution < -0.4 is 0 Å². The van der Waals surface area contributed by atoms with Gasteiger partial charge in [0.2, 0.25) is 0 Å². The lowest BCUT2D eigenvalue weighted by Crippen LogP contribution is -1.99. The van der Waals surface area contributed by atoms with Crippen molar-refractivity contribution in [2.45, 2.75) is 13.8 Å². The van der Waals surface area contributed by atoms with E-state index in [4.69, 9.17) is 12.2 Å². The van der Waals surface area contributed by atoms with Gasteiger partial charge in [0, 0.05) is 4.47 Å². The van der Waals surface area contributed by atoms with E-state index in [0.717, 1.165) is 21.5 Å². The van der Waals surface area contributed by atoms with E-state index in [0.29, 0.717) is 4.77 Å². The van der Waals surface area contributed by atoms with Crippen molar-refractivity contribution in [1.82, 2.24) is 14.8 Å². The van der Waals surface area contributed by atoms with Gasteiger partial charge in [-0.1, -0.05) is 22.0 Å². The zero-order valence-electron chi connectivity index (χ0n) is 8.41. The van der Waals surface area contributed by atoms with E-state index in [1.165, 1.54) is 0 Å². The van der Waals surface area contributed by atoms with Gasteiger partial charge in [-0.15, -0.1) is 0 Å². The molecule has 1 heterocycles. The van der Waals surface area contributed by atoms with Crippen LogP contribution in [-0.4, -0.2) is 14.8 Å². The average Bonchev–Trinajstić information content (AvgIpc) is 2.52. The molecule has 1 N–H and O–H groups in total. The highest BCUT2D eigenvalue weighted by atomic mass is 79.9. The summed E-state index contributed by atoms with van der Waals surface area (Å²) in [5, 5.41) is 6.88. The highest BCUT2D eigenvalue weighted by Crippen LogP contribution is 2.23. The number of aryl methyl sites for hydroxylation is 1. The van der Waals surface area contributed by atoms with Crippen LogP contribution in [0, 0.1) is 18.6 Å². The van der Waals surface area contributed by atoms with Crippen molar-refractivity contribution in [1.29, 1.82) is 0 Å². The van der Waals surface area contributed by atoms with Crippen LogP contribution in [0.5, 0.6) is 0 Å². The maximum absolute atomic E-state index is 5.19. The first kappa shape index (κ1) is 10.6. The third-order valence-corrected chi connectivity index (χ3v) is 3.45. The molecule has 78 valence electrons. The van der Waals surface area contributed by atoms with Crippen LogP contribution in [0.1, 0.15) is 11.4 Å². The number of hydrogen-bond acceptors (Lipinski definition) is 2. The smallest absolute Gasteiger partial charge is 0.199 e. The maximum atomic E-state index is 5.19. The van der Waals surface area contributed by atoms with Crippen LogP contribution in [-0.2, 0) is 0 Å². The van der Waals surface area contributed by atoms with Crippen LogP contribution in [0.15, 0.2) is 22.7 Å². The van der Waals surface area contributed by atoms with E-state index in [1.54, 1.807) is 0 Å². The van der Waals surface area contributed by atoms with Gasteiger partial charge in [-0.2, -0.15) is 5.10 Å². The maximum Gasteiger partial charge on any atom is 0.199 e. The molecular weight excluding hydrogens is 274 g/mol. The summed E-state index contributed by atoms with van der Waals surface area (Å²) in [6, 6.07) is 6.02. The van der Waals surface area contributed by atoms with E-state index >= 15 is 0 Å². The molecule has 0 atom stereocenters. The fourth-order valence-corrected chi connectivity index (χ4v) is 2.13.